The summed E-state index contributed by atoms with van der Waals surface area (Å²) < 4.78 is 0.579. The fourth-order valence-electron chi connectivity index (χ4n) is 0.766. The fourth-order valence-corrected chi connectivity index (χ4v) is 1.49. The highest BCUT2D eigenvalue weighted by atomic mass is 79.9. The maximum atomic E-state index is 10.5. The molecule has 0 amide bonds. The first-order chi connectivity index (χ1) is 5.95. The average Bonchev–Trinajstić information content (AvgIpc) is 2.07. The molecule has 0 fully saturated rings. The summed E-state index contributed by atoms with van der Waals surface area (Å²) in [6, 6.07) is 1.20. The maximum absolute atomic E-state index is 10.5. The molecule has 3 N–H and O–H groups in total. The van der Waals surface area contributed by atoms with E-state index in [1.165, 1.54) is 6.07 Å². The summed E-state index contributed by atoms with van der Waals surface area (Å²) in [7, 11) is 0. The van der Waals surface area contributed by atoms with Crippen LogP contribution in [0.1, 0.15) is 10.4 Å². The van der Waals surface area contributed by atoms with Crippen LogP contribution < -0.4 is 0 Å². The van der Waals surface area contributed by atoms with Gasteiger partial charge in [-0.3, -0.25) is 0 Å². The number of aromatic carboxylic acids is 1. The lowest BCUT2D eigenvalue weighted by molar-refractivity contribution is 0.0693. The molecule has 0 aromatic heterocycles. The number of aromatic hydroxyl groups is 2. The van der Waals surface area contributed by atoms with Gasteiger partial charge in [0.15, 0.2) is 11.5 Å². The second kappa shape index (κ2) is 3.55. The van der Waals surface area contributed by atoms with Crippen molar-refractivity contribution in [3.63, 3.8) is 0 Å². The van der Waals surface area contributed by atoms with Crippen molar-refractivity contribution in [2.75, 3.05) is 0 Å². The normalized spacial score (nSPS) is 10.0. The molecule has 13 heavy (non-hydrogen) atoms. The van der Waals surface area contributed by atoms with Crippen molar-refractivity contribution in [2.45, 2.75) is 0 Å². The summed E-state index contributed by atoms with van der Waals surface area (Å²) in [4.78, 5) is 10.5. The minimum absolute atomic E-state index is 0.218. The molecule has 0 heterocycles. The van der Waals surface area contributed by atoms with Gasteiger partial charge in [-0.05, 0) is 37.9 Å². The van der Waals surface area contributed by atoms with Crippen molar-refractivity contribution < 1.29 is 20.1 Å². The van der Waals surface area contributed by atoms with Gasteiger partial charge in [-0.2, -0.15) is 0 Å². The third-order valence-corrected chi connectivity index (χ3v) is 3.36. The topological polar surface area (TPSA) is 77.8 Å². The predicted molar refractivity (Wildman–Crippen MR) is 52.1 cm³/mol. The first kappa shape index (κ1) is 10.3. The van der Waals surface area contributed by atoms with E-state index in [0.29, 0.717) is 4.47 Å². The van der Waals surface area contributed by atoms with Crippen molar-refractivity contribution >= 4 is 37.8 Å². The van der Waals surface area contributed by atoms with E-state index in [2.05, 4.69) is 31.9 Å². The number of rotatable bonds is 1. The monoisotopic (exact) mass is 310 g/mol. The van der Waals surface area contributed by atoms with Crippen LogP contribution in [-0.4, -0.2) is 21.3 Å². The minimum Gasteiger partial charge on any atom is -0.504 e. The van der Waals surface area contributed by atoms with Crippen molar-refractivity contribution in [2.24, 2.45) is 0 Å². The number of carbonyl (C=O) groups is 1. The lowest BCUT2D eigenvalue weighted by atomic mass is 10.2. The van der Waals surface area contributed by atoms with E-state index in [0.717, 1.165) is 0 Å². The molecule has 0 radical (unpaired) electrons. The molecule has 0 atom stereocenters. The van der Waals surface area contributed by atoms with Crippen LogP contribution in [0.25, 0.3) is 0 Å². The van der Waals surface area contributed by atoms with Gasteiger partial charge in [0.25, 0.3) is 0 Å². The van der Waals surface area contributed by atoms with Gasteiger partial charge in [0.2, 0.25) is 0 Å². The number of benzene rings is 1. The zero-order valence-corrected chi connectivity index (χ0v) is 9.26. The second-order valence-corrected chi connectivity index (χ2v) is 3.87. The number of phenols is 2. The maximum Gasteiger partial charge on any atom is 0.339 e. The standard InChI is InChI=1S/C7H4Br2O4/c8-3-1-2(7(12)13)5(10)6(11)4(3)9/h1,10-11H,(H,12,13). The summed E-state index contributed by atoms with van der Waals surface area (Å²) in [6.45, 7) is 0. The molecule has 0 saturated carbocycles. The van der Waals surface area contributed by atoms with E-state index >= 15 is 0 Å². The van der Waals surface area contributed by atoms with E-state index in [1.54, 1.807) is 0 Å². The summed E-state index contributed by atoms with van der Waals surface area (Å²) in [5, 5.41) is 27.0. The molecule has 1 rings (SSSR count). The zero-order valence-electron chi connectivity index (χ0n) is 6.08. The van der Waals surface area contributed by atoms with Crippen LogP contribution in [0.5, 0.6) is 11.5 Å². The van der Waals surface area contributed by atoms with Crippen LogP contribution in [0, 0.1) is 0 Å². The number of halogens is 2. The Balaban J connectivity index is 3.50. The summed E-state index contributed by atoms with van der Waals surface area (Å²) in [5.41, 5.74) is -0.354. The molecule has 4 nitrogen and oxygen atoms in total. The highest BCUT2D eigenvalue weighted by molar-refractivity contribution is 9.13. The molecule has 1 aromatic rings. The Morgan fingerprint density at radius 2 is 1.77 bits per heavy atom. The lowest BCUT2D eigenvalue weighted by Gasteiger charge is -2.05. The van der Waals surface area contributed by atoms with Crippen LogP contribution in [0.2, 0.25) is 0 Å². The van der Waals surface area contributed by atoms with Gasteiger partial charge >= 0.3 is 5.97 Å². The van der Waals surface area contributed by atoms with Crippen LogP contribution in [0.15, 0.2) is 15.0 Å². The quantitative estimate of drug-likeness (QED) is 0.696. The number of phenolic OH excluding ortho intramolecular Hbond substituents is 1. The molecule has 0 spiro atoms. The summed E-state index contributed by atoms with van der Waals surface area (Å²) in [6.07, 6.45) is 0. The second-order valence-electron chi connectivity index (χ2n) is 2.22. The van der Waals surface area contributed by atoms with Gasteiger partial charge in [-0.1, -0.05) is 0 Å². The smallest absolute Gasteiger partial charge is 0.339 e. The van der Waals surface area contributed by atoms with Crippen molar-refractivity contribution in [1.82, 2.24) is 0 Å². The summed E-state index contributed by atoms with van der Waals surface area (Å²) >= 11 is 5.98. The third-order valence-electron chi connectivity index (χ3n) is 1.40. The van der Waals surface area contributed by atoms with Gasteiger partial charge in [-0.15, -0.1) is 0 Å². The molecule has 1 aromatic carbocycles. The number of carboxylic acid groups (broad SMARTS) is 1. The van der Waals surface area contributed by atoms with Crippen LogP contribution in [0.4, 0.5) is 0 Å². The Morgan fingerprint density at radius 3 is 2.23 bits per heavy atom. The average molecular weight is 312 g/mol. The number of hydrogen-bond donors (Lipinski definition) is 3. The number of hydrogen-bond acceptors (Lipinski definition) is 3. The third kappa shape index (κ3) is 1.78. The molecule has 0 unspecified atom stereocenters. The van der Waals surface area contributed by atoms with Crippen molar-refractivity contribution in [1.29, 1.82) is 0 Å². The SMILES string of the molecule is O=C(O)c1cc(Br)c(Br)c(O)c1O. The van der Waals surface area contributed by atoms with E-state index in [1.807, 2.05) is 0 Å². The Kier molecular flexibility index (Phi) is 2.82. The Morgan fingerprint density at radius 1 is 1.23 bits per heavy atom. The van der Waals surface area contributed by atoms with E-state index in [4.69, 9.17) is 5.11 Å². The Labute approximate surface area is 90.1 Å². The molecule has 0 bridgehead atoms. The number of carboxylic acids is 1. The van der Waals surface area contributed by atoms with Gasteiger partial charge in [0.1, 0.15) is 5.56 Å². The molecule has 0 aliphatic rings. The van der Waals surface area contributed by atoms with Gasteiger partial charge in [0, 0.05) is 4.47 Å². The highest BCUT2D eigenvalue weighted by Crippen LogP contribution is 2.41. The first-order valence-electron chi connectivity index (χ1n) is 3.08. The largest absolute Gasteiger partial charge is 0.504 e. The minimum atomic E-state index is -1.30. The molecule has 0 aliphatic heterocycles. The van der Waals surface area contributed by atoms with Crippen LogP contribution >= 0.6 is 31.9 Å². The van der Waals surface area contributed by atoms with Gasteiger partial charge in [-0.25, -0.2) is 4.79 Å². The molecule has 6 heteroatoms. The lowest BCUT2D eigenvalue weighted by Crippen LogP contribution is -1.97. The fraction of sp³-hybridized carbons (Fsp3) is 0. The Hall–Kier alpha value is -0.750. The highest BCUT2D eigenvalue weighted by Gasteiger charge is 2.18. The first-order valence-corrected chi connectivity index (χ1v) is 4.67. The Bertz CT molecular complexity index is 375. The van der Waals surface area contributed by atoms with Gasteiger partial charge < -0.3 is 15.3 Å². The zero-order chi connectivity index (χ0) is 10.2. The van der Waals surface area contributed by atoms with Crippen molar-refractivity contribution in [3.05, 3.63) is 20.6 Å². The van der Waals surface area contributed by atoms with Crippen LogP contribution in [-0.2, 0) is 0 Å². The molecular weight excluding hydrogens is 308 g/mol. The molecule has 0 aliphatic carbocycles. The van der Waals surface area contributed by atoms with E-state index in [9.17, 15) is 15.0 Å². The van der Waals surface area contributed by atoms with Crippen molar-refractivity contribution in [3.8, 4) is 11.5 Å². The van der Waals surface area contributed by atoms with E-state index in [-0.39, 0.29) is 10.0 Å². The van der Waals surface area contributed by atoms with Crippen LogP contribution in [0.3, 0.4) is 0 Å². The molecular formula is C7H4Br2O4. The van der Waals surface area contributed by atoms with Gasteiger partial charge in [0.05, 0.1) is 4.47 Å². The molecule has 70 valence electrons. The molecule has 0 saturated heterocycles. The van der Waals surface area contributed by atoms with E-state index < -0.39 is 17.5 Å². The summed E-state index contributed by atoms with van der Waals surface area (Å²) in [5.74, 6) is -2.45. The predicted octanol–water partition coefficient (Wildman–Crippen LogP) is 2.32.